The zero-order chi connectivity index (χ0) is 15.4. The molecule has 0 unspecified atom stereocenters. The van der Waals surface area contributed by atoms with Crippen LogP contribution in [0.15, 0.2) is 71.8 Å². The summed E-state index contributed by atoms with van der Waals surface area (Å²) >= 11 is 0. The van der Waals surface area contributed by atoms with E-state index < -0.39 is 10.8 Å². The van der Waals surface area contributed by atoms with E-state index in [-0.39, 0.29) is 5.78 Å². The van der Waals surface area contributed by atoms with Crippen LogP contribution in [0.1, 0.15) is 11.1 Å². The second-order valence-corrected chi connectivity index (χ2v) is 6.68. The Bertz CT molecular complexity index is 695. The minimum atomic E-state index is -1.03. The van der Waals surface area contributed by atoms with Gasteiger partial charge in [0.15, 0.2) is 5.78 Å². The molecule has 110 valence electrons. The molecule has 2 nitrogen and oxygen atoms in total. The standard InChI is InChI=1S/C19H16O2S/c20-19-17(11-15-7-3-1-4-8-15)13-22(21)14-18(19)12-16-9-5-2-6-10-16/h1-12H,13-14H2/b17-11+,18-12+. The van der Waals surface area contributed by atoms with E-state index in [9.17, 15) is 9.00 Å². The third-order valence-corrected chi connectivity index (χ3v) is 4.76. The lowest BCUT2D eigenvalue weighted by Gasteiger charge is -2.16. The van der Waals surface area contributed by atoms with Crippen LogP contribution in [0.25, 0.3) is 12.2 Å². The second kappa shape index (κ2) is 6.67. The van der Waals surface area contributed by atoms with Crippen LogP contribution < -0.4 is 0 Å². The average molecular weight is 308 g/mol. The predicted octanol–water partition coefficient (Wildman–Crippen LogP) is 3.49. The normalized spacial score (nSPS) is 22.2. The first-order valence-corrected chi connectivity index (χ1v) is 8.62. The largest absolute Gasteiger partial charge is 0.289 e. The Morgan fingerprint density at radius 3 is 1.55 bits per heavy atom. The summed E-state index contributed by atoms with van der Waals surface area (Å²) < 4.78 is 12.1. The third kappa shape index (κ3) is 3.49. The first-order valence-electron chi connectivity index (χ1n) is 7.13. The van der Waals surface area contributed by atoms with E-state index in [1.807, 2.05) is 72.8 Å². The van der Waals surface area contributed by atoms with E-state index in [2.05, 4.69) is 0 Å². The predicted molar refractivity (Wildman–Crippen MR) is 91.7 cm³/mol. The van der Waals surface area contributed by atoms with Crippen LogP contribution >= 0.6 is 0 Å². The van der Waals surface area contributed by atoms with Gasteiger partial charge in [0.05, 0.1) is 11.5 Å². The highest BCUT2D eigenvalue weighted by molar-refractivity contribution is 7.85. The molecule has 0 amide bonds. The summed E-state index contributed by atoms with van der Waals surface area (Å²) in [6, 6.07) is 19.4. The number of hydrogen-bond donors (Lipinski definition) is 0. The van der Waals surface area contributed by atoms with Crippen molar-refractivity contribution in [2.75, 3.05) is 11.5 Å². The number of carbonyl (C=O) groups is 1. The Kier molecular flexibility index (Phi) is 4.45. The lowest BCUT2D eigenvalue weighted by atomic mass is 10.0. The van der Waals surface area contributed by atoms with Crippen molar-refractivity contribution in [3.8, 4) is 0 Å². The highest BCUT2D eigenvalue weighted by Crippen LogP contribution is 2.21. The van der Waals surface area contributed by atoms with Crippen LogP contribution in [-0.4, -0.2) is 21.5 Å². The van der Waals surface area contributed by atoms with Gasteiger partial charge in [-0.05, 0) is 23.3 Å². The van der Waals surface area contributed by atoms with Crippen molar-refractivity contribution in [3.05, 3.63) is 82.9 Å². The summed E-state index contributed by atoms with van der Waals surface area (Å²) in [6.07, 6.45) is 3.69. The van der Waals surface area contributed by atoms with Crippen molar-refractivity contribution in [1.29, 1.82) is 0 Å². The first kappa shape index (κ1) is 14.7. The van der Waals surface area contributed by atoms with Gasteiger partial charge in [0.2, 0.25) is 0 Å². The molecular weight excluding hydrogens is 292 g/mol. The molecule has 3 rings (SSSR count). The Balaban J connectivity index is 1.94. The van der Waals surface area contributed by atoms with Gasteiger partial charge in [0, 0.05) is 21.9 Å². The van der Waals surface area contributed by atoms with Crippen LogP contribution in [0, 0.1) is 0 Å². The lowest BCUT2D eigenvalue weighted by Crippen LogP contribution is -2.24. The zero-order valence-electron chi connectivity index (χ0n) is 12.1. The first-order chi connectivity index (χ1) is 10.7. The van der Waals surface area contributed by atoms with Crippen molar-refractivity contribution in [2.45, 2.75) is 0 Å². The molecule has 0 aliphatic carbocycles. The van der Waals surface area contributed by atoms with E-state index in [0.29, 0.717) is 22.7 Å². The molecule has 0 radical (unpaired) electrons. The molecule has 1 saturated heterocycles. The van der Waals surface area contributed by atoms with Crippen LogP contribution in [0.5, 0.6) is 0 Å². The maximum absolute atomic E-state index is 12.6. The fourth-order valence-electron chi connectivity index (χ4n) is 2.45. The van der Waals surface area contributed by atoms with Gasteiger partial charge in [-0.2, -0.15) is 0 Å². The molecule has 1 aliphatic rings. The van der Waals surface area contributed by atoms with Crippen LogP contribution in [0.2, 0.25) is 0 Å². The Morgan fingerprint density at radius 2 is 1.14 bits per heavy atom. The zero-order valence-corrected chi connectivity index (χ0v) is 12.9. The topological polar surface area (TPSA) is 34.1 Å². The van der Waals surface area contributed by atoms with Crippen LogP contribution in [0.3, 0.4) is 0 Å². The molecule has 0 aromatic heterocycles. The van der Waals surface area contributed by atoms with E-state index in [0.717, 1.165) is 11.1 Å². The Labute approximate surface area is 132 Å². The van der Waals surface area contributed by atoms with Crippen LogP contribution in [0.4, 0.5) is 0 Å². The lowest BCUT2D eigenvalue weighted by molar-refractivity contribution is -0.112. The Hall–Kier alpha value is -2.26. The van der Waals surface area contributed by atoms with Gasteiger partial charge < -0.3 is 0 Å². The van der Waals surface area contributed by atoms with Crippen molar-refractivity contribution in [2.24, 2.45) is 0 Å². The second-order valence-electron chi connectivity index (χ2n) is 5.22. The molecule has 1 heterocycles. The van der Waals surface area contributed by atoms with Crippen molar-refractivity contribution < 1.29 is 9.00 Å². The van der Waals surface area contributed by atoms with E-state index >= 15 is 0 Å². The van der Waals surface area contributed by atoms with Crippen LogP contribution in [-0.2, 0) is 15.6 Å². The minimum absolute atomic E-state index is 0.00676. The van der Waals surface area contributed by atoms with E-state index in [1.165, 1.54) is 0 Å². The molecule has 0 spiro atoms. The van der Waals surface area contributed by atoms with Gasteiger partial charge in [-0.15, -0.1) is 0 Å². The summed E-state index contributed by atoms with van der Waals surface area (Å²) in [5.41, 5.74) is 3.17. The minimum Gasteiger partial charge on any atom is -0.289 e. The molecule has 2 aromatic rings. The number of hydrogen-bond acceptors (Lipinski definition) is 2. The van der Waals surface area contributed by atoms with Gasteiger partial charge in [-0.25, -0.2) is 0 Å². The smallest absolute Gasteiger partial charge is 0.186 e. The maximum Gasteiger partial charge on any atom is 0.186 e. The van der Waals surface area contributed by atoms with Crippen molar-refractivity contribution >= 4 is 28.7 Å². The number of carbonyl (C=O) groups excluding carboxylic acids is 1. The highest BCUT2D eigenvalue weighted by atomic mass is 32.2. The molecule has 22 heavy (non-hydrogen) atoms. The van der Waals surface area contributed by atoms with Gasteiger partial charge in [-0.1, -0.05) is 60.7 Å². The quantitative estimate of drug-likeness (QED) is 0.796. The maximum atomic E-state index is 12.6. The summed E-state index contributed by atoms with van der Waals surface area (Å²) in [5.74, 6) is 0.673. The molecule has 1 aliphatic heterocycles. The number of Topliss-reactive ketones (excluding diaryl/α,β-unsaturated/α-hetero) is 1. The monoisotopic (exact) mass is 308 g/mol. The molecule has 1 fully saturated rings. The number of rotatable bonds is 2. The highest BCUT2D eigenvalue weighted by Gasteiger charge is 2.25. The van der Waals surface area contributed by atoms with Gasteiger partial charge in [-0.3, -0.25) is 9.00 Å². The third-order valence-electron chi connectivity index (χ3n) is 3.50. The molecule has 0 bridgehead atoms. The fourth-order valence-corrected chi connectivity index (χ4v) is 3.68. The van der Waals surface area contributed by atoms with Gasteiger partial charge in [0.25, 0.3) is 0 Å². The molecule has 0 N–H and O–H groups in total. The molecule has 0 atom stereocenters. The van der Waals surface area contributed by atoms with Crippen molar-refractivity contribution in [3.63, 3.8) is 0 Å². The Morgan fingerprint density at radius 1 is 0.727 bits per heavy atom. The fraction of sp³-hybridized carbons (Fsp3) is 0.105. The molecule has 2 aromatic carbocycles. The molecular formula is C19H16O2S. The summed E-state index contributed by atoms with van der Waals surface area (Å²) in [6.45, 7) is 0. The van der Waals surface area contributed by atoms with E-state index in [4.69, 9.17) is 0 Å². The summed E-state index contributed by atoms with van der Waals surface area (Å²) in [4.78, 5) is 12.6. The van der Waals surface area contributed by atoms with Gasteiger partial charge >= 0.3 is 0 Å². The summed E-state index contributed by atoms with van der Waals surface area (Å²) in [7, 11) is -1.03. The molecule has 0 saturated carbocycles. The summed E-state index contributed by atoms with van der Waals surface area (Å²) in [5, 5.41) is 0. The molecule has 3 heteroatoms. The number of ketones is 1. The number of benzene rings is 2. The average Bonchev–Trinajstić information content (AvgIpc) is 2.54. The van der Waals surface area contributed by atoms with Gasteiger partial charge in [0.1, 0.15) is 0 Å². The SMILES string of the molecule is O=C1/C(=C/c2ccccc2)CS(=O)C/C1=C\c1ccccc1. The van der Waals surface area contributed by atoms with Crippen molar-refractivity contribution in [1.82, 2.24) is 0 Å². The van der Waals surface area contributed by atoms with E-state index in [1.54, 1.807) is 0 Å².